The molecule has 29 heavy (non-hydrogen) atoms. The van der Waals surface area contributed by atoms with Crippen molar-refractivity contribution in [2.75, 3.05) is 27.2 Å². The Labute approximate surface area is 168 Å². The molecule has 160 valence electrons. The van der Waals surface area contributed by atoms with Crippen LogP contribution in [-0.2, 0) is 16.2 Å². The first-order valence-electron chi connectivity index (χ1n) is 9.31. The Hall–Kier alpha value is -1.91. The fraction of sp³-hybridized carbons (Fsp3) is 0.526. The summed E-state index contributed by atoms with van der Waals surface area (Å²) in [6.45, 7) is 2.46. The Morgan fingerprint density at radius 2 is 1.93 bits per heavy atom. The minimum atomic E-state index is -4.65. The third-order valence-electron chi connectivity index (χ3n) is 5.23. The number of sulfonamides is 1. The molecule has 0 spiro atoms. The topological polar surface area (TPSA) is 66.7 Å². The van der Waals surface area contributed by atoms with E-state index in [0.29, 0.717) is 18.7 Å². The molecule has 1 aliphatic heterocycles. The van der Waals surface area contributed by atoms with Crippen LogP contribution in [0.4, 0.5) is 13.2 Å². The van der Waals surface area contributed by atoms with E-state index in [4.69, 9.17) is 0 Å². The summed E-state index contributed by atoms with van der Waals surface area (Å²) in [5.74, 6) is -1.22. The molecule has 1 aromatic heterocycles. The van der Waals surface area contributed by atoms with Gasteiger partial charge in [0.1, 0.15) is 5.69 Å². The molecule has 0 amide bonds. The van der Waals surface area contributed by atoms with Crippen LogP contribution in [0.5, 0.6) is 0 Å². The standard InChI is InChI=1S/C19H24F3N3O3S/c1-13-7-8-14(16-11-18(28-23-16)19(20,21)22)10-17(13)29(26,27)25-9-5-4-6-15(12-25)24(2)3/h7-8,10-11,15H,4-6,9,12H2,1-3H3/t15-/m0/s1. The number of alkyl halides is 3. The zero-order chi connectivity index (χ0) is 21.4. The predicted octanol–water partition coefficient (Wildman–Crippen LogP) is 3.77. The van der Waals surface area contributed by atoms with Crippen LogP contribution in [0.25, 0.3) is 11.3 Å². The van der Waals surface area contributed by atoms with Crippen molar-refractivity contribution in [3.8, 4) is 11.3 Å². The summed E-state index contributed by atoms with van der Waals surface area (Å²) < 4.78 is 70.9. The van der Waals surface area contributed by atoms with E-state index >= 15 is 0 Å². The molecule has 0 N–H and O–H groups in total. The highest BCUT2D eigenvalue weighted by atomic mass is 32.2. The lowest BCUT2D eigenvalue weighted by Gasteiger charge is -2.28. The zero-order valence-electron chi connectivity index (χ0n) is 16.5. The molecule has 2 aromatic rings. The molecule has 0 radical (unpaired) electrons. The maximum Gasteiger partial charge on any atom is 0.452 e. The Morgan fingerprint density at radius 1 is 1.21 bits per heavy atom. The highest BCUT2D eigenvalue weighted by Crippen LogP contribution is 2.33. The van der Waals surface area contributed by atoms with Gasteiger partial charge in [0.15, 0.2) is 0 Å². The van der Waals surface area contributed by atoms with E-state index in [1.807, 2.05) is 19.0 Å². The summed E-state index contributed by atoms with van der Waals surface area (Å²) in [7, 11) is 0.0436. The van der Waals surface area contributed by atoms with Crippen LogP contribution in [0.2, 0.25) is 0 Å². The summed E-state index contributed by atoms with van der Waals surface area (Å²) in [4.78, 5) is 2.09. The second-order valence-electron chi connectivity index (χ2n) is 7.53. The Kier molecular flexibility index (Phi) is 6.07. The van der Waals surface area contributed by atoms with Crippen LogP contribution < -0.4 is 0 Å². The molecule has 6 nitrogen and oxygen atoms in total. The van der Waals surface area contributed by atoms with Crippen LogP contribution >= 0.6 is 0 Å². The quantitative estimate of drug-likeness (QED) is 0.737. The largest absolute Gasteiger partial charge is 0.452 e. The third kappa shape index (κ3) is 4.65. The molecule has 0 unspecified atom stereocenters. The molecular formula is C19H24F3N3O3S. The van der Waals surface area contributed by atoms with Crippen molar-refractivity contribution in [3.05, 3.63) is 35.6 Å². The molecule has 10 heteroatoms. The molecule has 1 aliphatic rings. The van der Waals surface area contributed by atoms with Gasteiger partial charge in [-0.2, -0.15) is 17.5 Å². The fourth-order valence-corrected chi connectivity index (χ4v) is 5.21. The molecule has 1 atom stereocenters. The molecule has 3 rings (SSSR count). The van der Waals surface area contributed by atoms with Gasteiger partial charge in [-0.05, 0) is 45.5 Å². The van der Waals surface area contributed by atoms with Gasteiger partial charge in [0, 0.05) is 30.8 Å². The van der Waals surface area contributed by atoms with E-state index in [9.17, 15) is 21.6 Å². The van der Waals surface area contributed by atoms with Crippen molar-refractivity contribution in [2.45, 2.75) is 43.3 Å². The SMILES string of the molecule is Cc1ccc(-c2cc(C(F)(F)F)on2)cc1S(=O)(=O)N1CCCC[C@H](N(C)C)C1. The van der Waals surface area contributed by atoms with Gasteiger partial charge in [-0.1, -0.05) is 23.7 Å². The number of benzene rings is 1. The molecular weight excluding hydrogens is 407 g/mol. The highest BCUT2D eigenvalue weighted by molar-refractivity contribution is 7.89. The monoisotopic (exact) mass is 431 g/mol. The summed E-state index contributed by atoms with van der Waals surface area (Å²) in [5, 5.41) is 3.46. The lowest BCUT2D eigenvalue weighted by atomic mass is 10.1. The van der Waals surface area contributed by atoms with E-state index in [1.165, 1.54) is 16.4 Å². The minimum Gasteiger partial charge on any atom is -0.351 e. The molecule has 1 fully saturated rings. The summed E-state index contributed by atoms with van der Waals surface area (Å²) >= 11 is 0. The second kappa shape index (κ2) is 8.08. The van der Waals surface area contributed by atoms with Crippen LogP contribution in [0.15, 0.2) is 33.7 Å². The van der Waals surface area contributed by atoms with E-state index < -0.39 is 22.0 Å². The van der Waals surface area contributed by atoms with Crippen molar-refractivity contribution < 1.29 is 26.1 Å². The molecule has 0 bridgehead atoms. The number of rotatable bonds is 4. The zero-order valence-corrected chi connectivity index (χ0v) is 17.3. The fourth-order valence-electron chi connectivity index (χ4n) is 3.45. The smallest absolute Gasteiger partial charge is 0.351 e. The second-order valence-corrected chi connectivity index (χ2v) is 9.44. The van der Waals surface area contributed by atoms with E-state index in [2.05, 4.69) is 9.68 Å². The highest BCUT2D eigenvalue weighted by Gasteiger charge is 2.36. The summed E-state index contributed by atoms with van der Waals surface area (Å²) in [5.41, 5.74) is 0.724. The van der Waals surface area contributed by atoms with Gasteiger partial charge in [-0.25, -0.2) is 8.42 Å². The molecule has 2 heterocycles. The predicted molar refractivity (Wildman–Crippen MR) is 102 cm³/mol. The van der Waals surface area contributed by atoms with Gasteiger partial charge >= 0.3 is 6.18 Å². The number of hydrogen-bond acceptors (Lipinski definition) is 5. The van der Waals surface area contributed by atoms with Crippen LogP contribution in [-0.4, -0.2) is 56.0 Å². The van der Waals surface area contributed by atoms with Crippen molar-refractivity contribution in [1.29, 1.82) is 0 Å². The molecule has 1 aromatic carbocycles. The number of aromatic nitrogens is 1. The van der Waals surface area contributed by atoms with Crippen LogP contribution in [0.1, 0.15) is 30.6 Å². The van der Waals surface area contributed by atoms with Crippen LogP contribution in [0.3, 0.4) is 0 Å². The average Bonchev–Trinajstić information content (AvgIpc) is 2.99. The Morgan fingerprint density at radius 3 is 2.55 bits per heavy atom. The van der Waals surface area contributed by atoms with Gasteiger partial charge in [0.05, 0.1) is 4.90 Å². The summed E-state index contributed by atoms with van der Waals surface area (Å²) in [6.07, 6.45) is -2.04. The molecule has 1 saturated heterocycles. The normalized spacial score (nSPS) is 19.5. The maximum atomic E-state index is 13.4. The Balaban J connectivity index is 1.97. The first-order chi connectivity index (χ1) is 13.5. The minimum absolute atomic E-state index is 0.0594. The molecule has 0 saturated carbocycles. The van der Waals surface area contributed by atoms with Crippen molar-refractivity contribution in [2.24, 2.45) is 0 Å². The van der Waals surface area contributed by atoms with E-state index in [0.717, 1.165) is 25.3 Å². The van der Waals surface area contributed by atoms with E-state index in [-0.39, 0.29) is 22.2 Å². The van der Waals surface area contributed by atoms with Gasteiger partial charge in [0.2, 0.25) is 15.8 Å². The van der Waals surface area contributed by atoms with Gasteiger partial charge < -0.3 is 9.42 Å². The van der Waals surface area contributed by atoms with Crippen molar-refractivity contribution in [1.82, 2.24) is 14.4 Å². The van der Waals surface area contributed by atoms with Crippen molar-refractivity contribution in [3.63, 3.8) is 0 Å². The number of likely N-dealkylation sites (N-methyl/N-ethyl adjacent to an activating group) is 1. The third-order valence-corrected chi connectivity index (χ3v) is 7.24. The van der Waals surface area contributed by atoms with Gasteiger partial charge in [0.25, 0.3) is 0 Å². The number of aryl methyl sites for hydroxylation is 1. The average molecular weight is 431 g/mol. The Bertz CT molecular complexity index is 971. The van der Waals surface area contributed by atoms with E-state index in [1.54, 1.807) is 13.0 Å². The molecule has 0 aliphatic carbocycles. The summed E-state index contributed by atoms with van der Waals surface area (Å²) in [6, 6.07) is 5.37. The lowest BCUT2D eigenvalue weighted by molar-refractivity contribution is -0.155. The maximum absolute atomic E-state index is 13.4. The number of halogens is 3. The van der Waals surface area contributed by atoms with Gasteiger partial charge in [-0.15, -0.1) is 0 Å². The number of nitrogens with zero attached hydrogens (tertiary/aromatic N) is 3. The van der Waals surface area contributed by atoms with Crippen LogP contribution in [0, 0.1) is 6.92 Å². The number of hydrogen-bond donors (Lipinski definition) is 0. The lowest BCUT2D eigenvalue weighted by Crippen LogP contribution is -2.42. The van der Waals surface area contributed by atoms with Gasteiger partial charge in [-0.3, -0.25) is 0 Å². The van der Waals surface area contributed by atoms with Crippen molar-refractivity contribution >= 4 is 10.0 Å². The first kappa shape index (κ1) is 21.8. The first-order valence-corrected chi connectivity index (χ1v) is 10.8.